The Kier molecular flexibility index (Phi) is 3.23. The first-order chi connectivity index (χ1) is 11.7. The minimum Gasteiger partial charge on any atom is -0.351 e. The van der Waals surface area contributed by atoms with Crippen LogP contribution in [0.2, 0.25) is 0 Å². The van der Waals surface area contributed by atoms with Gasteiger partial charge in [-0.1, -0.05) is 0 Å². The fourth-order valence-electron chi connectivity index (χ4n) is 2.78. The Morgan fingerprint density at radius 1 is 1.21 bits per heavy atom. The fourth-order valence-corrected chi connectivity index (χ4v) is 2.78. The highest BCUT2D eigenvalue weighted by Gasteiger charge is 2.33. The Balaban J connectivity index is 1.51. The summed E-state index contributed by atoms with van der Waals surface area (Å²) in [5.74, 6) is 2.26. The van der Waals surface area contributed by atoms with Gasteiger partial charge in [0, 0.05) is 32.5 Å². The van der Waals surface area contributed by atoms with Gasteiger partial charge in [0.15, 0.2) is 23.0 Å². The van der Waals surface area contributed by atoms with Crippen LogP contribution in [0.1, 0.15) is 11.5 Å². The zero-order valence-corrected chi connectivity index (χ0v) is 13.3. The first-order valence-corrected chi connectivity index (χ1v) is 7.55. The van der Waals surface area contributed by atoms with Crippen molar-refractivity contribution in [3.8, 4) is 6.07 Å². The zero-order chi connectivity index (χ0) is 16.7. The summed E-state index contributed by atoms with van der Waals surface area (Å²) < 4.78 is 1.74. The summed E-state index contributed by atoms with van der Waals surface area (Å²) in [6.45, 7) is 3.48. The largest absolute Gasteiger partial charge is 0.351 e. The van der Waals surface area contributed by atoms with E-state index in [1.807, 2.05) is 31.0 Å². The van der Waals surface area contributed by atoms with Crippen molar-refractivity contribution >= 4 is 17.3 Å². The number of likely N-dealkylation sites (N-methyl/N-ethyl adjacent to an activating group) is 1. The number of nitrogens with zero attached hydrogens (tertiary/aromatic N) is 9. The molecule has 9 nitrogen and oxygen atoms in total. The third-order valence-electron chi connectivity index (χ3n) is 4.26. The summed E-state index contributed by atoms with van der Waals surface area (Å²) in [7, 11) is 1.94. The number of fused-ring (bicyclic) bond motifs is 1. The van der Waals surface area contributed by atoms with Crippen LogP contribution in [-0.2, 0) is 0 Å². The molecule has 0 saturated carbocycles. The molecule has 120 valence electrons. The number of nitriles is 1. The van der Waals surface area contributed by atoms with Gasteiger partial charge >= 0.3 is 0 Å². The van der Waals surface area contributed by atoms with Crippen molar-refractivity contribution in [2.24, 2.45) is 0 Å². The van der Waals surface area contributed by atoms with Gasteiger partial charge in [-0.15, -0.1) is 15.3 Å². The summed E-state index contributed by atoms with van der Waals surface area (Å²) >= 11 is 0. The molecule has 0 spiro atoms. The van der Waals surface area contributed by atoms with Gasteiger partial charge in [0.05, 0.1) is 6.04 Å². The maximum absolute atomic E-state index is 9.16. The Morgan fingerprint density at radius 2 is 2.00 bits per heavy atom. The van der Waals surface area contributed by atoms with E-state index < -0.39 is 0 Å². The Bertz CT molecular complexity index is 936. The third-order valence-corrected chi connectivity index (χ3v) is 4.26. The first kappa shape index (κ1) is 14.3. The molecule has 0 unspecified atom stereocenters. The Labute approximate surface area is 138 Å². The van der Waals surface area contributed by atoms with Gasteiger partial charge in [-0.25, -0.2) is 9.97 Å². The fraction of sp³-hybridized carbons (Fsp3) is 0.333. The normalized spacial score (nSPS) is 14.5. The Hall–Kier alpha value is -3.28. The lowest BCUT2D eigenvalue weighted by atomic mass is 10.1. The van der Waals surface area contributed by atoms with Gasteiger partial charge in [0.2, 0.25) is 0 Å². The minimum atomic E-state index is 0.258. The van der Waals surface area contributed by atoms with E-state index in [0.29, 0.717) is 11.5 Å². The van der Waals surface area contributed by atoms with E-state index in [2.05, 4.69) is 36.2 Å². The van der Waals surface area contributed by atoms with E-state index in [0.717, 1.165) is 30.4 Å². The van der Waals surface area contributed by atoms with Crippen LogP contribution in [0.5, 0.6) is 0 Å². The van der Waals surface area contributed by atoms with Crippen molar-refractivity contribution in [3.63, 3.8) is 0 Å². The van der Waals surface area contributed by atoms with Gasteiger partial charge in [-0.2, -0.15) is 9.78 Å². The lowest BCUT2D eigenvalue weighted by Gasteiger charge is -2.44. The summed E-state index contributed by atoms with van der Waals surface area (Å²) in [5.41, 5.74) is 1.08. The number of aryl methyl sites for hydroxylation is 1. The topological polar surface area (TPSA) is 99.1 Å². The SMILES string of the molecule is Cc1nnc2ccc(N3CC(N(C)c4nccnc4C#N)C3)nn12. The van der Waals surface area contributed by atoms with E-state index >= 15 is 0 Å². The molecule has 1 aliphatic rings. The molecule has 0 amide bonds. The van der Waals surface area contributed by atoms with Gasteiger partial charge < -0.3 is 9.80 Å². The minimum absolute atomic E-state index is 0.258. The quantitative estimate of drug-likeness (QED) is 0.684. The lowest BCUT2D eigenvalue weighted by Crippen LogP contribution is -2.59. The van der Waals surface area contributed by atoms with Crippen molar-refractivity contribution in [2.45, 2.75) is 13.0 Å². The molecule has 0 N–H and O–H groups in total. The highest BCUT2D eigenvalue weighted by atomic mass is 15.4. The monoisotopic (exact) mass is 321 g/mol. The van der Waals surface area contributed by atoms with Crippen LogP contribution in [0.4, 0.5) is 11.6 Å². The van der Waals surface area contributed by atoms with Gasteiger partial charge in [0.25, 0.3) is 0 Å². The van der Waals surface area contributed by atoms with Crippen LogP contribution in [0, 0.1) is 18.3 Å². The van der Waals surface area contributed by atoms with Gasteiger partial charge in [-0.3, -0.25) is 0 Å². The molecule has 0 aliphatic carbocycles. The molecule has 3 aromatic rings. The van der Waals surface area contributed by atoms with E-state index in [1.54, 1.807) is 10.7 Å². The van der Waals surface area contributed by atoms with Crippen LogP contribution in [0.3, 0.4) is 0 Å². The number of anilines is 2. The zero-order valence-electron chi connectivity index (χ0n) is 13.3. The molecule has 0 atom stereocenters. The molecule has 24 heavy (non-hydrogen) atoms. The summed E-state index contributed by atoms with van der Waals surface area (Å²) in [6, 6.07) is 6.20. The summed E-state index contributed by atoms with van der Waals surface area (Å²) in [4.78, 5) is 12.5. The molecule has 1 fully saturated rings. The highest BCUT2D eigenvalue weighted by Crippen LogP contribution is 2.25. The second-order valence-corrected chi connectivity index (χ2v) is 5.72. The van der Waals surface area contributed by atoms with E-state index in [4.69, 9.17) is 5.26 Å². The van der Waals surface area contributed by atoms with Crippen LogP contribution in [0.25, 0.3) is 5.65 Å². The second-order valence-electron chi connectivity index (χ2n) is 5.72. The molecule has 3 aromatic heterocycles. The maximum Gasteiger partial charge on any atom is 0.183 e. The van der Waals surface area contributed by atoms with Crippen molar-refractivity contribution in [1.82, 2.24) is 29.8 Å². The average molecular weight is 321 g/mol. The molecule has 1 saturated heterocycles. The number of rotatable bonds is 3. The molecule has 0 aromatic carbocycles. The third kappa shape index (κ3) is 2.20. The van der Waals surface area contributed by atoms with E-state index in [1.165, 1.54) is 6.20 Å². The second kappa shape index (κ2) is 5.42. The molecule has 9 heteroatoms. The standard InChI is InChI=1S/C15H15N9/c1-10-19-20-13-3-4-14(21-24(10)13)23-8-11(9-23)22(2)15-12(7-16)17-5-6-18-15/h3-6,11H,8-9H2,1-2H3. The molecule has 0 radical (unpaired) electrons. The van der Waals surface area contributed by atoms with Crippen molar-refractivity contribution in [3.05, 3.63) is 36.0 Å². The highest BCUT2D eigenvalue weighted by molar-refractivity contribution is 5.54. The average Bonchev–Trinajstić information content (AvgIpc) is 2.94. The summed E-state index contributed by atoms with van der Waals surface area (Å²) in [6.07, 6.45) is 3.14. The van der Waals surface area contributed by atoms with E-state index in [9.17, 15) is 0 Å². The molecule has 4 rings (SSSR count). The smallest absolute Gasteiger partial charge is 0.183 e. The molecule has 1 aliphatic heterocycles. The van der Waals surface area contributed by atoms with Crippen LogP contribution >= 0.6 is 0 Å². The molecule has 4 heterocycles. The Morgan fingerprint density at radius 3 is 2.79 bits per heavy atom. The van der Waals surface area contributed by atoms with Gasteiger partial charge in [-0.05, 0) is 19.1 Å². The van der Waals surface area contributed by atoms with Gasteiger partial charge in [0.1, 0.15) is 11.9 Å². The van der Waals surface area contributed by atoms with Crippen molar-refractivity contribution in [1.29, 1.82) is 5.26 Å². The first-order valence-electron chi connectivity index (χ1n) is 7.55. The molecule has 0 bridgehead atoms. The predicted octanol–water partition coefficient (Wildman–Crippen LogP) is 0.419. The van der Waals surface area contributed by atoms with Crippen LogP contribution < -0.4 is 9.80 Å². The van der Waals surface area contributed by atoms with E-state index in [-0.39, 0.29) is 6.04 Å². The van der Waals surface area contributed by atoms with Crippen LogP contribution in [0.15, 0.2) is 24.5 Å². The molecular weight excluding hydrogens is 306 g/mol. The molecular formula is C15H15N9. The van der Waals surface area contributed by atoms with Crippen molar-refractivity contribution < 1.29 is 0 Å². The number of hydrogen-bond donors (Lipinski definition) is 0. The predicted molar refractivity (Wildman–Crippen MR) is 86.7 cm³/mol. The summed E-state index contributed by atoms with van der Waals surface area (Å²) in [5, 5.41) is 21.8. The number of aromatic nitrogens is 6. The van der Waals surface area contributed by atoms with Crippen molar-refractivity contribution in [2.75, 3.05) is 29.9 Å². The number of hydrogen-bond acceptors (Lipinski definition) is 8. The lowest BCUT2D eigenvalue weighted by molar-refractivity contribution is 0.486. The van der Waals surface area contributed by atoms with Crippen LogP contribution in [-0.4, -0.2) is 56.0 Å². The maximum atomic E-state index is 9.16.